The first kappa shape index (κ1) is 15.2. The fourth-order valence-electron chi connectivity index (χ4n) is 3.23. The average Bonchev–Trinajstić information content (AvgIpc) is 3.36. The van der Waals surface area contributed by atoms with Crippen LogP contribution in [0.15, 0.2) is 35.4 Å². The number of rotatable bonds is 5. The van der Waals surface area contributed by atoms with Crippen molar-refractivity contribution in [2.75, 3.05) is 19.6 Å². The number of hydrogen-bond donors (Lipinski definition) is 1. The number of carbonyl (C=O) groups excluding carboxylic acids is 1. The number of carbonyl (C=O) groups is 1. The van der Waals surface area contributed by atoms with Gasteiger partial charge in [-0.25, -0.2) is 5.43 Å². The zero-order valence-corrected chi connectivity index (χ0v) is 13.3. The van der Waals surface area contributed by atoms with Crippen molar-refractivity contribution in [3.8, 4) is 0 Å². The molecule has 1 saturated carbocycles. The molecule has 0 radical (unpaired) electrons. The number of hydrazone groups is 1. The van der Waals surface area contributed by atoms with E-state index in [9.17, 15) is 4.79 Å². The van der Waals surface area contributed by atoms with Gasteiger partial charge < -0.3 is 4.90 Å². The highest BCUT2D eigenvalue weighted by Crippen LogP contribution is 2.47. The molecule has 2 atom stereocenters. The summed E-state index contributed by atoms with van der Waals surface area (Å²) in [7, 11) is 0. The molecule has 2 aliphatic rings. The third-order valence-corrected chi connectivity index (χ3v) is 4.65. The van der Waals surface area contributed by atoms with Gasteiger partial charge in [-0.05, 0) is 30.9 Å². The van der Waals surface area contributed by atoms with Crippen molar-refractivity contribution in [3.05, 3.63) is 35.9 Å². The molecule has 1 N–H and O–H groups in total. The average molecular weight is 299 g/mol. The van der Waals surface area contributed by atoms with Gasteiger partial charge in [-0.1, -0.05) is 37.3 Å². The highest BCUT2D eigenvalue weighted by molar-refractivity contribution is 5.88. The first-order valence-corrected chi connectivity index (χ1v) is 8.40. The summed E-state index contributed by atoms with van der Waals surface area (Å²) < 4.78 is 0. The maximum Gasteiger partial charge on any atom is 0.243 e. The zero-order chi connectivity index (χ0) is 15.4. The lowest BCUT2D eigenvalue weighted by Crippen LogP contribution is -2.35. The van der Waals surface area contributed by atoms with E-state index in [1.165, 1.54) is 18.5 Å². The molecule has 1 aromatic rings. The van der Waals surface area contributed by atoms with Gasteiger partial charge in [-0.2, -0.15) is 5.10 Å². The summed E-state index contributed by atoms with van der Waals surface area (Å²) >= 11 is 0. The number of benzene rings is 1. The Morgan fingerprint density at radius 1 is 1.27 bits per heavy atom. The summed E-state index contributed by atoms with van der Waals surface area (Å²) in [5.74, 6) is 0.567. The third kappa shape index (κ3) is 3.74. The van der Waals surface area contributed by atoms with Gasteiger partial charge in [0.15, 0.2) is 0 Å². The van der Waals surface area contributed by atoms with E-state index in [-0.39, 0.29) is 11.8 Å². The van der Waals surface area contributed by atoms with Crippen molar-refractivity contribution in [1.29, 1.82) is 0 Å². The van der Waals surface area contributed by atoms with Gasteiger partial charge in [0.2, 0.25) is 5.91 Å². The van der Waals surface area contributed by atoms with Crippen LogP contribution in [0.5, 0.6) is 0 Å². The lowest BCUT2D eigenvalue weighted by atomic mass is 10.1. The molecule has 0 bridgehead atoms. The molecule has 3 rings (SSSR count). The molecule has 4 nitrogen and oxygen atoms in total. The Hall–Kier alpha value is -1.68. The molecule has 22 heavy (non-hydrogen) atoms. The Morgan fingerprint density at radius 2 is 2.00 bits per heavy atom. The van der Waals surface area contributed by atoms with Crippen LogP contribution in [0.1, 0.15) is 44.1 Å². The Balaban J connectivity index is 1.45. The lowest BCUT2D eigenvalue weighted by Gasteiger charge is -2.26. The van der Waals surface area contributed by atoms with Crippen LogP contribution < -0.4 is 5.43 Å². The number of likely N-dealkylation sites (tertiary alicyclic amines) is 1. The van der Waals surface area contributed by atoms with E-state index in [1.54, 1.807) is 0 Å². The van der Waals surface area contributed by atoms with Crippen LogP contribution in [0.25, 0.3) is 0 Å². The molecule has 0 spiro atoms. The molecule has 1 heterocycles. The second-order valence-corrected chi connectivity index (χ2v) is 6.36. The van der Waals surface area contributed by atoms with Crippen molar-refractivity contribution in [1.82, 2.24) is 10.3 Å². The van der Waals surface area contributed by atoms with Crippen LogP contribution in [-0.2, 0) is 4.79 Å². The van der Waals surface area contributed by atoms with Gasteiger partial charge in [-0.3, -0.25) is 4.79 Å². The topological polar surface area (TPSA) is 44.7 Å². The number of nitrogens with zero attached hydrogens (tertiary/aromatic N) is 2. The number of hydrogen-bond acceptors (Lipinski definition) is 3. The molecule has 2 fully saturated rings. The molecule has 1 aliphatic carbocycles. The summed E-state index contributed by atoms with van der Waals surface area (Å²) in [6.07, 6.45) is 4.11. The van der Waals surface area contributed by atoms with E-state index in [4.69, 9.17) is 0 Å². The highest BCUT2D eigenvalue weighted by atomic mass is 16.2. The second-order valence-electron chi connectivity index (χ2n) is 6.36. The Morgan fingerprint density at radius 3 is 2.68 bits per heavy atom. The third-order valence-electron chi connectivity index (χ3n) is 4.65. The standard InChI is InChI=1S/C18H25N3O/c1-2-10-21-11-8-15(9-12-21)19-20-18(22)17-13-16(17)14-6-4-3-5-7-14/h3-7,16-17H,2,8-13H2,1H3,(H,20,22)/t16-,17-/m0/s1. The zero-order valence-electron chi connectivity index (χ0n) is 13.3. The van der Waals surface area contributed by atoms with Crippen LogP contribution >= 0.6 is 0 Å². The van der Waals surface area contributed by atoms with E-state index in [2.05, 4.69) is 34.5 Å². The maximum atomic E-state index is 12.2. The summed E-state index contributed by atoms with van der Waals surface area (Å²) in [5, 5.41) is 4.36. The quantitative estimate of drug-likeness (QED) is 0.850. The number of amides is 1. The predicted octanol–water partition coefficient (Wildman–Crippen LogP) is 2.77. The van der Waals surface area contributed by atoms with Gasteiger partial charge in [-0.15, -0.1) is 0 Å². The summed E-state index contributed by atoms with van der Waals surface area (Å²) in [4.78, 5) is 14.6. The minimum absolute atomic E-state index is 0.0809. The Bertz CT molecular complexity index is 531. The second kappa shape index (κ2) is 7.05. The monoisotopic (exact) mass is 299 g/mol. The van der Waals surface area contributed by atoms with Crippen molar-refractivity contribution >= 4 is 11.6 Å². The van der Waals surface area contributed by atoms with Gasteiger partial charge in [0, 0.05) is 37.6 Å². The van der Waals surface area contributed by atoms with E-state index in [0.717, 1.165) is 38.1 Å². The van der Waals surface area contributed by atoms with Crippen LogP contribution in [0, 0.1) is 5.92 Å². The van der Waals surface area contributed by atoms with Gasteiger partial charge in [0.1, 0.15) is 0 Å². The van der Waals surface area contributed by atoms with E-state index < -0.39 is 0 Å². The minimum Gasteiger partial charge on any atom is -0.303 e. The molecule has 1 aliphatic heterocycles. The summed E-state index contributed by atoms with van der Waals surface area (Å²) in [5.41, 5.74) is 5.19. The fourth-order valence-corrected chi connectivity index (χ4v) is 3.23. The molecular formula is C18H25N3O. The van der Waals surface area contributed by atoms with E-state index in [1.807, 2.05) is 18.2 Å². The lowest BCUT2D eigenvalue weighted by molar-refractivity contribution is -0.122. The smallest absolute Gasteiger partial charge is 0.243 e. The predicted molar refractivity (Wildman–Crippen MR) is 88.8 cm³/mol. The molecule has 1 aromatic carbocycles. The first-order valence-electron chi connectivity index (χ1n) is 8.40. The molecule has 1 saturated heterocycles. The van der Waals surface area contributed by atoms with Gasteiger partial charge in [0.05, 0.1) is 0 Å². The fraction of sp³-hybridized carbons (Fsp3) is 0.556. The van der Waals surface area contributed by atoms with E-state index in [0.29, 0.717) is 5.92 Å². The van der Waals surface area contributed by atoms with Crippen molar-refractivity contribution in [3.63, 3.8) is 0 Å². The van der Waals surface area contributed by atoms with Crippen LogP contribution in [0.2, 0.25) is 0 Å². The van der Waals surface area contributed by atoms with Gasteiger partial charge >= 0.3 is 0 Å². The van der Waals surface area contributed by atoms with Crippen LogP contribution in [0.3, 0.4) is 0 Å². The normalized spacial score (nSPS) is 24.9. The molecule has 1 amide bonds. The maximum absolute atomic E-state index is 12.2. The number of nitrogens with one attached hydrogen (secondary N) is 1. The molecular weight excluding hydrogens is 274 g/mol. The van der Waals surface area contributed by atoms with E-state index >= 15 is 0 Å². The number of piperidine rings is 1. The summed E-state index contributed by atoms with van der Waals surface area (Å²) in [6, 6.07) is 10.3. The Labute approximate surface area is 132 Å². The SMILES string of the molecule is CCCN1CCC(=NNC(=O)[C@H]2C[C@H]2c2ccccc2)CC1. The van der Waals surface area contributed by atoms with Crippen molar-refractivity contribution in [2.45, 2.75) is 38.5 Å². The summed E-state index contributed by atoms with van der Waals surface area (Å²) in [6.45, 7) is 5.51. The largest absolute Gasteiger partial charge is 0.303 e. The van der Waals surface area contributed by atoms with Crippen LogP contribution in [-0.4, -0.2) is 36.2 Å². The minimum atomic E-state index is 0.0809. The van der Waals surface area contributed by atoms with Gasteiger partial charge in [0.25, 0.3) is 0 Å². The molecule has 4 heteroatoms. The van der Waals surface area contributed by atoms with Crippen molar-refractivity contribution in [2.24, 2.45) is 11.0 Å². The Kier molecular flexibility index (Phi) is 4.88. The highest BCUT2D eigenvalue weighted by Gasteiger charge is 2.43. The molecule has 0 aromatic heterocycles. The first-order chi connectivity index (χ1) is 10.8. The van der Waals surface area contributed by atoms with Crippen LogP contribution in [0.4, 0.5) is 0 Å². The van der Waals surface area contributed by atoms with Crippen molar-refractivity contribution < 1.29 is 4.79 Å². The molecule has 0 unspecified atom stereocenters. The molecule has 118 valence electrons.